The summed E-state index contributed by atoms with van der Waals surface area (Å²) in [6.07, 6.45) is 2.96. The van der Waals surface area contributed by atoms with Crippen LogP contribution in [0.5, 0.6) is 0 Å². The zero-order valence-corrected chi connectivity index (χ0v) is 19.1. The minimum atomic E-state index is -3.94. The van der Waals surface area contributed by atoms with E-state index in [2.05, 4.69) is 5.32 Å². The number of fused-ring (bicyclic) bond motifs is 1. The van der Waals surface area contributed by atoms with Crippen LogP contribution in [-0.2, 0) is 32.5 Å². The minimum absolute atomic E-state index is 0.0222. The molecular weight excluding hydrogens is 468 g/mol. The smallest absolute Gasteiger partial charge is 0.340 e. The fourth-order valence-corrected chi connectivity index (χ4v) is 5.32. The van der Waals surface area contributed by atoms with Crippen molar-refractivity contribution in [2.75, 3.05) is 17.5 Å². The average molecular weight is 489 g/mol. The molecule has 0 unspecified atom stereocenters. The lowest BCUT2D eigenvalue weighted by Crippen LogP contribution is -2.35. The van der Waals surface area contributed by atoms with Crippen LogP contribution in [0.3, 0.4) is 0 Å². The maximum absolute atomic E-state index is 13.4. The molecule has 33 heavy (non-hydrogen) atoms. The summed E-state index contributed by atoms with van der Waals surface area (Å²) in [6, 6.07) is 14.6. The van der Waals surface area contributed by atoms with E-state index in [0.717, 1.165) is 12.0 Å². The van der Waals surface area contributed by atoms with E-state index in [-0.39, 0.29) is 22.0 Å². The summed E-state index contributed by atoms with van der Waals surface area (Å²) in [7, 11) is -3.94. The van der Waals surface area contributed by atoms with Gasteiger partial charge in [0.25, 0.3) is 15.9 Å². The molecule has 0 saturated heterocycles. The maximum Gasteiger partial charge on any atom is 0.340 e. The molecular formula is C23H21ClN2O6S. The van der Waals surface area contributed by atoms with E-state index in [1.54, 1.807) is 24.3 Å². The molecule has 8 nitrogen and oxygen atoms in total. The van der Waals surface area contributed by atoms with Gasteiger partial charge in [-0.15, -0.1) is 0 Å². The van der Waals surface area contributed by atoms with E-state index in [1.165, 1.54) is 28.8 Å². The Hall–Kier alpha value is -3.30. The molecule has 0 radical (unpaired) electrons. The Bertz CT molecular complexity index is 1270. The minimum Gasteiger partial charge on any atom is -0.467 e. The van der Waals surface area contributed by atoms with Gasteiger partial charge < -0.3 is 14.5 Å². The second-order valence-corrected chi connectivity index (χ2v) is 9.65. The van der Waals surface area contributed by atoms with Crippen molar-refractivity contribution in [3.63, 3.8) is 0 Å². The van der Waals surface area contributed by atoms with Crippen LogP contribution in [0.1, 0.15) is 28.1 Å². The first-order valence-electron chi connectivity index (χ1n) is 10.2. The Labute approximate surface area is 196 Å². The lowest BCUT2D eigenvalue weighted by atomic mass is 10.0. The van der Waals surface area contributed by atoms with Gasteiger partial charge in [-0.25, -0.2) is 13.2 Å². The number of amides is 1. The van der Waals surface area contributed by atoms with Crippen LogP contribution in [0.15, 0.2) is 70.2 Å². The number of carbonyl (C=O) groups excluding carboxylic acids is 2. The molecule has 0 atom stereocenters. The van der Waals surface area contributed by atoms with Crippen LogP contribution in [-0.4, -0.2) is 33.4 Å². The van der Waals surface area contributed by atoms with Gasteiger partial charge in [0, 0.05) is 6.54 Å². The van der Waals surface area contributed by atoms with Crippen LogP contribution < -0.4 is 9.62 Å². The van der Waals surface area contributed by atoms with Crippen LogP contribution in [0.2, 0.25) is 5.02 Å². The monoisotopic (exact) mass is 488 g/mol. The number of hydrogen-bond donors (Lipinski definition) is 1. The SMILES string of the molecule is O=C(COC(=O)c1cc(S(=O)(=O)N2CCCc3ccccc32)ccc1Cl)NCc1ccco1. The van der Waals surface area contributed by atoms with Gasteiger partial charge in [0.05, 0.1) is 34.0 Å². The van der Waals surface area contributed by atoms with E-state index in [1.807, 2.05) is 12.1 Å². The Morgan fingerprint density at radius 2 is 1.94 bits per heavy atom. The number of para-hydroxylation sites is 1. The second-order valence-electron chi connectivity index (χ2n) is 7.38. The predicted octanol–water partition coefficient (Wildman–Crippen LogP) is 3.55. The molecule has 1 aliphatic heterocycles. The van der Waals surface area contributed by atoms with Crippen molar-refractivity contribution >= 4 is 39.2 Å². The number of carbonyl (C=O) groups is 2. The molecule has 3 aromatic rings. The molecule has 0 spiro atoms. The molecule has 2 aromatic carbocycles. The van der Waals surface area contributed by atoms with Crippen LogP contribution in [0, 0.1) is 0 Å². The third-order valence-electron chi connectivity index (χ3n) is 5.19. The molecule has 1 N–H and O–H groups in total. The number of sulfonamides is 1. The molecule has 1 aliphatic rings. The van der Waals surface area contributed by atoms with Crippen LogP contribution >= 0.6 is 11.6 Å². The molecule has 10 heteroatoms. The summed E-state index contributed by atoms with van der Waals surface area (Å²) < 4.78 is 38.2. The molecule has 2 heterocycles. The molecule has 0 fully saturated rings. The highest BCUT2D eigenvalue weighted by atomic mass is 35.5. The molecule has 0 saturated carbocycles. The first-order valence-corrected chi connectivity index (χ1v) is 12.0. The summed E-state index contributed by atoms with van der Waals surface area (Å²) in [5.41, 5.74) is 1.43. The second kappa shape index (κ2) is 9.68. The number of nitrogens with zero attached hydrogens (tertiary/aromatic N) is 1. The number of benzene rings is 2. The van der Waals surface area contributed by atoms with Crippen LogP contribution in [0.4, 0.5) is 5.69 Å². The molecule has 1 amide bonds. The van der Waals surface area contributed by atoms with E-state index in [0.29, 0.717) is 24.4 Å². The van der Waals surface area contributed by atoms with Crippen molar-refractivity contribution < 1.29 is 27.2 Å². The first-order chi connectivity index (χ1) is 15.9. The number of halogens is 1. The fraction of sp³-hybridized carbons (Fsp3) is 0.217. The van der Waals surface area contributed by atoms with E-state index < -0.39 is 28.5 Å². The topological polar surface area (TPSA) is 106 Å². The van der Waals surface area contributed by atoms with Crippen molar-refractivity contribution in [1.29, 1.82) is 0 Å². The maximum atomic E-state index is 13.4. The standard InChI is InChI=1S/C23H21ClN2O6S/c24-20-10-9-18(33(29,30)26-11-3-6-16-5-1-2-8-21(16)26)13-19(20)23(28)32-15-22(27)25-14-17-7-4-12-31-17/h1-2,4-5,7-10,12-13H,3,6,11,14-15H2,(H,25,27). The summed E-state index contributed by atoms with van der Waals surface area (Å²) in [6.45, 7) is -0.0703. The van der Waals surface area contributed by atoms with Gasteiger partial charge in [-0.2, -0.15) is 0 Å². The molecule has 0 bridgehead atoms. The van der Waals surface area contributed by atoms with E-state index >= 15 is 0 Å². The number of furan rings is 1. The quantitative estimate of drug-likeness (QED) is 0.510. The zero-order valence-electron chi connectivity index (χ0n) is 17.5. The highest BCUT2D eigenvalue weighted by Gasteiger charge is 2.30. The van der Waals surface area contributed by atoms with Crippen LogP contribution in [0.25, 0.3) is 0 Å². The van der Waals surface area contributed by atoms with Gasteiger partial charge in [0.2, 0.25) is 0 Å². The number of nitrogens with one attached hydrogen (secondary N) is 1. The summed E-state index contributed by atoms with van der Waals surface area (Å²) in [5.74, 6) is -0.885. The zero-order chi connectivity index (χ0) is 23.4. The third-order valence-corrected chi connectivity index (χ3v) is 7.33. The van der Waals surface area contributed by atoms with E-state index in [4.69, 9.17) is 20.8 Å². The van der Waals surface area contributed by atoms with Crippen molar-refractivity contribution in [2.24, 2.45) is 0 Å². The number of anilines is 1. The van der Waals surface area contributed by atoms with Gasteiger partial charge in [-0.1, -0.05) is 29.8 Å². The molecule has 1 aromatic heterocycles. The highest BCUT2D eigenvalue weighted by molar-refractivity contribution is 7.92. The number of esters is 1. The average Bonchev–Trinajstić information content (AvgIpc) is 3.34. The van der Waals surface area contributed by atoms with E-state index in [9.17, 15) is 18.0 Å². The number of aryl methyl sites for hydroxylation is 1. The van der Waals surface area contributed by atoms with Gasteiger partial charge in [0.1, 0.15) is 5.76 Å². The normalized spacial score (nSPS) is 13.3. The lowest BCUT2D eigenvalue weighted by molar-refractivity contribution is -0.124. The summed E-state index contributed by atoms with van der Waals surface area (Å²) in [5, 5.41) is 2.57. The Balaban J connectivity index is 1.48. The number of hydrogen-bond acceptors (Lipinski definition) is 6. The Morgan fingerprint density at radius 3 is 2.73 bits per heavy atom. The number of rotatable bonds is 7. The lowest BCUT2D eigenvalue weighted by Gasteiger charge is -2.30. The third kappa shape index (κ3) is 5.04. The Morgan fingerprint density at radius 1 is 1.12 bits per heavy atom. The van der Waals surface area contributed by atoms with Gasteiger partial charge in [0.15, 0.2) is 6.61 Å². The Kier molecular flexibility index (Phi) is 6.71. The first kappa shape index (κ1) is 22.9. The van der Waals surface area contributed by atoms with Crippen molar-refractivity contribution in [3.8, 4) is 0 Å². The molecule has 172 valence electrons. The number of ether oxygens (including phenoxy) is 1. The summed E-state index contributed by atoms with van der Waals surface area (Å²) >= 11 is 6.13. The highest BCUT2D eigenvalue weighted by Crippen LogP contribution is 2.32. The van der Waals surface area contributed by atoms with Gasteiger partial charge in [-0.05, 0) is 54.8 Å². The van der Waals surface area contributed by atoms with Gasteiger partial charge >= 0.3 is 5.97 Å². The molecule has 4 rings (SSSR count). The van der Waals surface area contributed by atoms with Crippen molar-refractivity contribution in [1.82, 2.24) is 5.32 Å². The molecule has 0 aliphatic carbocycles. The summed E-state index contributed by atoms with van der Waals surface area (Å²) in [4.78, 5) is 24.4. The predicted molar refractivity (Wildman–Crippen MR) is 122 cm³/mol. The van der Waals surface area contributed by atoms with Crippen molar-refractivity contribution in [2.45, 2.75) is 24.3 Å². The largest absolute Gasteiger partial charge is 0.467 e. The fourth-order valence-electron chi connectivity index (χ4n) is 3.56. The van der Waals surface area contributed by atoms with Gasteiger partial charge in [-0.3, -0.25) is 9.10 Å². The van der Waals surface area contributed by atoms with Crippen molar-refractivity contribution in [3.05, 3.63) is 82.8 Å².